The van der Waals surface area contributed by atoms with Crippen molar-refractivity contribution in [1.82, 2.24) is 14.5 Å². The molecular weight excluding hydrogens is 534 g/mol. The van der Waals surface area contributed by atoms with Gasteiger partial charge in [0.15, 0.2) is 0 Å². The minimum atomic E-state index is -4.60. The van der Waals surface area contributed by atoms with E-state index in [9.17, 15) is 36.2 Å². The second-order valence-electron chi connectivity index (χ2n) is 8.35. The summed E-state index contributed by atoms with van der Waals surface area (Å²) in [6.45, 7) is -0.342. The lowest BCUT2D eigenvalue weighted by Gasteiger charge is -2.13. The summed E-state index contributed by atoms with van der Waals surface area (Å²) < 4.78 is 80.2. The van der Waals surface area contributed by atoms with Gasteiger partial charge < -0.3 is 15.0 Å². The van der Waals surface area contributed by atoms with Gasteiger partial charge in [-0.05, 0) is 48.0 Å². The van der Waals surface area contributed by atoms with Crippen LogP contribution in [0.4, 0.5) is 32.0 Å². The molecule has 5 aromatic rings. The summed E-state index contributed by atoms with van der Waals surface area (Å²) in [5.74, 6) is -0.666. The number of aliphatic hydroxyl groups excluding tert-OH is 1. The van der Waals surface area contributed by atoms with Gasteiger partial charge in [-0.1, -0.05) is 23.5 Å². The van der Waals surface area contributed by atoms with Crippen molar-refractivity contribution in [2.75, 3.05) is 5.32 Å². The Morgan fingerprint density at radius 1 is 0.947 bits per heavy atom. The van der Waals surface area contributed by atoms with Crippen LogP contribution in [0.1, 0.15) is 32.2 Å². The van der Waals surface area contributed by atoms with Crippen LogP contribution in [0.15, 0.2) is 60.8 Å². The Balaban J connectivity index is 1.53. The van der Waals surface area contributed by atoms with Gasteiger partial charge in [-0.3, -0.25) is 4.79 Å². The van der Waals surface area contributed by atoms with E-state index in [0.29, 0.717) is 26.4 Å². The summed E-state index contributed by atoms with van der Waals surface area (Å²) in [5.41, 5.74) is -0.345. The normalized spacial score (nSPS) is 12.4. The number of aliphatic hydroxyl groups is 1. The van der Waals surface area contributed by atoms with Crippen LogP contribution >= 0.6 is 11.3 Å². The first-order valence-electron chi connectivity index (χ1n) is 11.0. The number of aromatic nitrogens is 3. The van der Waals surface area contributed by atoms with E-state index >= 15 is 0 Å². The third kappa shape index (κ3) is 5.07. The molecule has 38 heavy (non-hydrogen) atoms. The first-order chi connectivity index (χ1) is 17.9. The monoisotopic (exact) mass is 550 g/mol. The molecule has 0 radical (unpaired) electrons. The van der Waals surface area contributed by atoms with E-state index < -0.39 is 29.4 Å². The van der Waals surface area contributed by atoms with Crippen molar-refractivity contribution < 1.29 is 36.2 Å². The molecule has 0 aliphatic rings. The molecule has 0 aliphatic heterocycles. The minimum absolute atomic E-state index is 0.00588. The topological polar surface area (TPSA) is 80.0 Å². The first-order valence-corrected chi connectivity index (χ1v) is 11.8. The van der Waals surface area contributed by atoms with Crippen molar-refractivity contribution in [3.63, 3.8) is 0 Å². The maximum absolute atomic E-state index is 13.3. The van der Waals surface area contributed by atoms with Gasteiger partial charge in [0.1, 0.15) is 21.0 Å². The van der Waals surface area contributed by atoms with E-state index in [4.69, 9.17) is 0 Å². The number of halogens is 6. The molecule has 13 heteroatoms. The molecule has 0 atom stereocenters. The lowest BCUT2D eigenvalue weighted by atomic mass is 10.1. The summed E-state index contributed by atoms with van der Waals surface area (Å²) >= 11 is 1.18. The predicted octanol–water partition coefficient (Wildman–Crippen LogP) is 6.48. The van der Waals surface area contributed by atoms with Gasteiger partial charge in [0.05, 0.1) is 29.6 Å². The van der Waals surface area contributed by atoms with Gasteiger partial charge in [0.25, 0.3) is 5.91 Å². The van der Waals surface area contributed by atoms with Crippen molar-refractivity contribution in [2.24, 2.45) is 0 Å². The van der Waals surface area contributed by atoms with Crippen molar-refractivity contribution in [3.05, 3.63) is 88.2 Å². The van der Waals surface area contributed by atoms with Crippen LogP contribution in [0.3, 0.4) is 0 Å². The molecule has 0 bridgehead atoms. The summed E-state index contributed by atoms with van der Waals surface area (Å²) in [6, 6.07) is 10.1. The molecule has 0 aliphatic carbocycles. The zero-order valence-electron chi connectivity index (χ0n) is 19.1. The first kappa shape index (κ1) is 25.7. The Morgan fingerprint density at radius 2 is 1.63 bits per heavy atom. The van der Waals surface area contributed by atoms with Crippen LogP contribution in [0, 0.1) is 0 Å². The number of rotatable bonds is 5. The molecule has 6 nitrogen and oxygen atoms in total. The molecule has 0 unspecified atom stereocenters. The highest BCUT2D eigenvalue weighted by Crippen LogP contribution is 2.34. The molecule has 0 spiro atoms. The molecule has 0 saturated heterocycles. The lowest BCUT2D eigenvalue weighted by Crippen LogP contribution is -2.17. The number of hydrogen-bond acceptors (Lipinski definition) is 5. The molecule has 1 amide bonds. The van der Waals surface area contributed by atoms with Crippen molar-refractivity contribution in [3.8, 4) is 0 Å². The minimum Gasteiger partial charge on any atom is -0.389 e. The molecule has 3 heterocycles. The second-order valence-corrected chi connectivity index (χ2v) is 9.41. The van der Waals surface area contributed by atoms with Crippen molar-refractivity contribution >= 4 is 44.2 Å². The van der Waals surface area contributed by atoms with E-state index in [2.05, 4.69) is 15.3 Å². The maximum Gasteiger partial charge on any atom is 0.416 e. The third-order valence-corrected chi connectivity index (χ3v) is 6.73. The quantitative estimate of drug-likeness (QED) is 0.246. The van der Waals surface area contributed by atoms with Crippen molar-refractivity contribution in [2.45, 2.75) is 25.5 Å². The number of anilines is 1. The van der Waals surface area contributed by atoms with Gasteiger partial charge in [0.2, 0.25) is 0 Å². The fourth-order valence-electron chi connectivity index (χ4n) is 3.99. The Hall–Kier alpha value is -3.97. The largest absolute Gasteiger partial charge is 0.416 e. The molecule has 5 rings (SSSR count). The average molecular weight is 550 g/mol. The number of nitrogens with zero attached hydrogens (tertiary/aromatic N) is 3. The lowest BCUT2D eigenvalue weighted by molar-refractivity contribution is -0.138. The number of amides is 1. The number of nitrogens with one attached hydrogen (secondary N) is 1. The van der Waals surface area contributed by atoms with E-state index in [1.165, 1.54) is 46.4 Å². The smallest absolute Gasteiger partial charge is 0.389 e. The molecule has 2 aromatic carbocycles. The zero-order chi connectivity index (χ0) is 27.2. The number of fused-ring (bicyclic) bond motifs is 2. The number of hydrogen-bond donors (Lipinski definition) is 2. The summed E-state index contributed by atoms with van der Waals surface area (Å²) in [7, 11) is 0. The molecule has 196 valence electrons. The average Bonchev–Trinajstić information content (AvgIpc) is 3.44. The highest BCUT2D eigenvalue weighted by molar-refractivity contribution is 7.18. The van der Waals surface area contributed by atoms with Crippen LogP contribution in [0.25, 0.3) is 21.3 Å². The van der Waals surface area contributed by atoms with Crippen LogP contribution in [-0.4, -0.2) is 25.5 Å². The number of carbonyl (C=O) groups excluding carboxylic acids is 1. The third-order valence-electron chi connectivity index (χ3n) is 5.77. The van der Waals surface area contributed by atoms with Gasteiger partial charge in [-0.25, -0.2) is 9.97 Å². The molecule has 0 saturated carbocycles. The van der Waals surface area contributed by atoms with Gasteiger partial charge in [-0.15, -0.1) is 0 Å². The second kappa shape index (κ2) is 9.40. The Labute approximate surface area is 214 Å². The van der Waals surface area contributed by atoms with Gasteiger partial charge >= 0.3 is 12.4 Å². The highest BCUT2D eigenvalue weighted by Gasteiger charge is 2.32. The Morgan fingerprint density at radius 3 is 2.29 bits per heavy atom. The summed E-state index contributed by atoms with van der Waals surface area (Å²) in [5, 5.41) is 12.5. The highest BCUT2D eigenvalue weighted by atomic mass is 32.1. The van der Waals surface area contributed by atoms with Crippen LogP contribution in [0.2, 0.25) is 0 Å². The van der Waals surface area contributed by atoms with Crippen LogP contribution in [-0.2, 0) is 25.5 Å². The number of alkyl halides is 6. The number of pyridine rings is 1. The predicted molar refractivity (Wildman–Crippen MR) is 129 cm³/mol. The Bertz CT molecular complexity index is 1660. The van der Waals surface area contributed by atoms with Gasteiger partial charge in [-0.2, -0.15) is 26.3 Å². The van der Waals surface area contributed by atoms with E-state index in [0.717, 1.165) is 24.3 Å². The van der Waals surface area contributed by atoms with Crippen LogP contribution in [0.5, 0.6) is 0 Å². The fraction of sp³-hybridized carbons (Fsp3) is 0.160. The maximum atomic E-state index is 13.3. The number of benzene rings is 2. The molecule has 3 aromatic heterocycles. The fourth-order valence-corrected chi connectivity index (χ4v) is 4.73. The summed E-state index contributed by atoms with van der Waals surface area (Å²) in [4.78, 5) is 22.2. The van der Waals surface area contributed by atoms with E-state index in [-0.39, 0.29) is 29.9 Å². The number of thiazole rings is 1. The van der Waals surface area contributed by atoms with Crippen LogP contribution < -0.4 is 5.32 Å². The van der Waals surface area contributed by atoms with E-state index in [1.54, 1.807) is 6.07 Å². The molecule has 2 N–H and O–H groups in total. The van der Waals surface area contributed by atoms with E-state index in [1.807, 2.05) is 0 Å². The Kier molecular flexibility index (Phi) is 6.35. The summed E-state index contributed by atoms with van der Waals surface area (Å²) in [6.07, 6.45) is -7.75. The van der Waals surface area contributed by atoms with Gasteiger partial charge in [0, 0.05) is 17.4 Å². The molecular formula is C25H16F6N4O2S. The molecule has 0 fully saturated rings. The number of carbonyl (C=O) groups is 1. The van der Waals surface area contributed by atoms with Crippen molar-refractivity contribution in [1.29, 1.82) is 0 Å². The standard InChI is InChI=1S/C25H16F6N4O2S/c26-24(27,28)15-3-1-13(2-4-15)11-35-19-6-5-16(25(29,30)31)7-14(19)8-20(35)22(37)33-17-9-18-23(32-10-17)38-21(12-36)34-18/h1-10,36H,11-12H2,(H,33,37). The SMILES string of the molecule is O=C(Nc1cnc2sc(CO)nc2c1)c1cc2cc(C(F)(F)F)ccc2n1Cc1ccc(C(F)(F)F)cc1. The zero-order valence-corrected chi connectivity index (χ0v) is 19.9.